The van der Waals surface area contributed by atoms with Crippen molar-refractivity contribution < 1.29 is 13.2 Å². The maximum Gasteiger partial charge on any atom is 0.270 e. The number of unbranched alkanes of at least 4 members (excludes halogenated alkanes) is 1. The molecule has 0 aliphatic heterocycles. The van der Waals surface area contributed by atoms with Crippen molar-refractivity contribution in [3.05, 3.63) is 47.3 Å². The number of amides is 1. The number of nitrogens with two attached hydrogens (primary N) is 1. The SMILES string of the molecule is CCCCNc1nc(C)cc(C(=O)NCCc2ccc(S(N)(=O)=O)cc2)n1. The van der Waals surface area contributed by atoms with Gasteiger partial charge in [0.25, 0.3) is 5.91 Å². The van der Waals surface area contributed by atoms with E-state index in [1.807, 2.05) is 6.92 Å². The normalized spacial score (nSPS) is 11.2. The first-order valence-corrected chi connectivity index (χ1v) is 10.3. The van der Waals surface area contributed by atoms with Gasteiger partial charge in [-0.15, -0.1) is 0 Å². The predicted octanol–water partition coefficient (Wildman–Crippen LogP) is 1.62. The van der Waals surface area contributed by atoms with E-state index in [-0.39, 0.29) is 10.8 Å². The Hall–Kier alpha value is -2.52. The molecule has 9 heteroatoms. The molecular weight excluding hydrogens is 366 g/mol. The number of carbonyl (C=O) groups excluding carboxylic acids is 1. The first kappa shape index (κ1) is 20.8. The Morgan fingerprint density at radius 1 is 1.15 bits per heavy atom. The van der Waals surface area contributed by atoms with Gasteiger partial charge in [0, 0.05) is 18.8 Å². The van der Waals surface area contributed by atoms with Crippen molar-refractivity contribution in [2.24, 2.45) is 5.14 Å². The average molecular weight is 391 g/mol. The molecule has 0 unspecified atom stereocenters. The highest BCUT2D eigenvalue weighted by atomic mass is 32.2. The Morgan fingerprint density at radius 2 is 1.85 bits per heavy atom. The Labute approximate surface area is 159 Å². The van der Waals surface area contributed by atoms with E-state index in [1.54, 1.807) is 18.2 Å². The van der Waals surface area contributed by atoms with Crippen LogP contribution in [-0.2, 0) is 16.4 Å². The van der Waals surface area contributed by atoms with Gasteiger partial charge in [0.2, 0.25) is 16.0 Å². The zero-order chi connectivity index (χ0) is 19.9. The molecule has 0 saturated carbocycles. The molecule has 2 aromatic rings. The fourth-order valence-corrected chi connectivity index (χ4v) is 2.91. The van der Waals surface area contributed by atoms with Gasteiger partial charge in [-0.25, -0.2) is 23.5 Å². The molecule has 0 spiro atoms. The van der Waals surface area contributed by atoms with Crippen LogP contribution in [-0.4, -0.2) is 37.4 Å². The third-order valence-corrected chi connectivity index (χ3v) is 4.78. The third-order valence-electron chi connectivity index (χ3n) is 3.85. The van der Waals surface area contributed by atoms with Crippen LogP contribution in [0, 0.1) is 6.92 Å². The molecule has 0 saturated heterocycles. The lowest BCUT2D eigenvalue weighted by Gasteiger charge is -2.09. The van der Waals surface area contributed by atoms with Crippen LogP contribution >= 0.6 is 0 Å². The number of aryl methyl sites for hydroxylation is 1. The second kappa shape index (κ2) is 9.43. The van der Waals surface area contributed by atoms with Gasteiger partial charge in [0.15, 0.2) is 0 Å². The second-order valence-electron chi connectivity index (χ2n) is 6.19. The van der Waals surface area contributed by atoms with Crippen LogP contribution < -0.4 is 15.8 Å². The summed E-state index contributed by atoms with van der Waals surface area (Å²) in [6, 6.07) is 7.90. The van der Waals surface area contributed by atoms with Gasteiger partial charge in [-0.2, -0.15) is 0 Å². The maximum atomic E-state index is 12.3. The summed E-state index contributed by atoms with van der Waals surface area (Å²) in [6.45, 7) is 5.07. The summed E-state index contributed by atoms with van der Waals surface area (Å²) in [7, 11) is -3.70. The minimum absolute atomic E-state index is 0.0647. The number of rotatable bonds is 9. The number of nitrogens with zero attached hydrogens (tertiary/aromatic N) is 2. The minimum atomic E-state index is -3.70. The molecule has 2 rings (SSSR count). The van der Waals surface area contributed by atoms with E-state index in [2.05, 4.69) is 27.5 Å². The number of nitrogens with one attached hydrogen (secondary N) is 2. The molecule has 0 bridgehead atoms. The zero-order valence-corrected chi connectivity index (χ0v) is 16.3. The zero-order valence-electron chi connectivity index (χ0n) is 15.5. The molecule has 27 heavy (non-hydrogen) atoms. The molecule has 0 aliphatic carbocycles. The molecule has 0 atom stereocenters. The van der Waals surface area contributed by atoms with Crippen LogP contribution in [0.3, 0.4) is 0 Å². The van der Waals surface area contributed by atoms with E-state index in [1.165, 1.54) is 12.1 Å². The van der Waals surface area contributed by atoms with E-state index in [4.69, 9.17) is 5.14 Å². The molecule has 0 radical (unpaired) electrons. The van der Waals surface area contributed by atoms with Gasteiger partial charge in [0.1, 0.15) is 5.69 Å². The van der Waals surface area contributed by atoms with Crippen molar-refractivity contribution in [1.82, 2.24) is 15.3 Å². The summed E-state index contributed by atoms with van der Waals surface area (Å²) in [4.78, 5) is 20.9. The monoisotopic (exact) mass is 391 g/mol. The first-order chi connectivity index (χ1) is 12.8. The summed E-state index contributed by atoms with van der Waals surface area (Å²) in [5.41, 5.74) is 1.92. The van der Waals surface area contributed by atoms with Crippen molar-refractivity contribution in [2.75, 3.05) is 18.4 Å². The molecule has 8 nitrogen and oxygen atoms in total. The second-order valence-corrected chi connectivity index (χ2v) is 7.75. The number of sulfonamides is 1. The van der Waals surface area contributed by atoms with Crippen LogP contribution in [0.25, 0.3) is 0 Å². The Kier molecular flexibility index (Phi) is 7.26. The van der Waals surface area contributed by atoms with Crippen LogP contribution in [0.4, 0.5) is 5.95 Å². The molecule has 1 aromatic carbocycles. The van der Waals surface area contributed by atoms with Crippen molar-refractivity contribution in [2.45, 2.75) is 38.0 Å². The van der Waals surface area contributed by atoms with Gasteiger partial charge in [-0.3, -0.25) is 4.79 Å². The van der Waals surface area contributed by atoms with Crippen molar-refractivity contribution in [3.63, 3.8) is 0 Å². The van der Waals surface area contributed by atoms with Gasteiger partial charge in [-0.1, -0.05) is 25.5 Å². The molecule has 1 aromatic heterocycles. The molecule has 0 fully saturated rings. The molecular formula is C18H25N5O3S. The smallest absolute Gasteiger partial charge is 0.270 e. The fourth-order valence-electron chi connectivity index (χ4n) is 2.40. The van der Waals surface area contributed by atoms with E-state index in [0.29, 0.717) is 30.3 Å². The van der Waals surface area contributed by atoms with Crippen molar-refractivity contribution in [1.29, 1.82) is 0 Å². The summed E-state index contributed by atoms with van der Waals surface area (Å²) < 4.78 is 22.5. The van der Waals surface area contributed by atoms with E-state index in [9.17, 15) is 13.2 Å². The van der Waals surface area contributed by atoms with Gasteiger partial charge in [-0.05, 0) is 43.5 Å². The minimum Gasteiger partial charge on any atom is -0.354 e. The number of hydrogen-bond acceptors (Lipinski definition) is 6. The summed E-state index contributed by atoms with van der Waals surface area (Å²) in [6.07, 6.45) is 2.62. The predicted molar refractivity (Wildman–Crippen MR) is 104 cm³/mol. The Balaban J connectivity index is 1.91. The largest absolute Gasteiger partial charge is 0.354 e. The summed E-state index contributed by atoms with van der Waals surface area (Å²) in [5.74, 6) is 0.174. The molecule has 1 heterocycles. The lowest BCUT2D eigenvalue weighted by molar-refractivity contribution is 0.0949. The number of carbonyl (C=O) groups is 1. The van der Waals surface area contributed by atoms with E-state index < -0.39 is 10.0 Å². The quantitative estimate of drug-likeness (QED) is 0.557. The molecule has 0 aliphatic rings. The number of hydrogen-bond donors (Lipinski definition) is 3. The van der Waals surface area contributed by atoms with Crippen LogP contribution in [0.15, 0.2) is 35.2 Å². The standard InChI is InChI=1S/C18H25N5O3S/c1-3-4-10-21-18-22-13(2)12-16(23-18)17(24)20-11-9-14-5-7-15(8-6-14)27(19,25)26/h5-8,12H,3-4,9-11H2,1-2H3,(H,20,24)(H2,19,25,26)(H,21,22,23). The topological polar surface area (TPSA) is 127 Å². The van der Waals surface area contributed by atoms with Gasteiger partial charge in [0.05, 0.1) is 4.90 Å². The summed E-state index contributed by atoms with van der Waals surface area (Å²) >= 11 is 0. The molecule has 1 amide bonds. The lowest BCUT2D eigenvalue weighted by Crippen LogP contribution is -2.27. The van der Waals surface area contributed by atoms with Crippen LogP contribution in [0.2, 0.25) is 0 Å². The van der Waals surface area contributed by atoms with E-state index in [0.717, 1.165) is 24.9 Å². The van der Waals surface area contributed by atoms with Crippen molar-refractivity contribution >= 4 is 21.9 Å². The number of primary sulfonamides is 1. The average Bonchev–Trinajstić information content (AvgIpc) is 2.61. The number of aromatic nitrogens is 2. The Bertz CT molecular complexity index is 882. The highest BCUT2D eigenvalue weighted by Crippen LogP contribution is 2.09. The van der Waals surface area contributed by atoms with E-state index >= 15 is 0 Å². The fraction of sp³-hybridized carbons (Fsp3) is 0.389. The third kappa shape index (κ3) is 6.61. The highest BCUT2D eigenvalue weighted by molar-refractivity contribution is 7.89. The van der Waals surface area contributed by atoms with Crippen molar-refractivity contribution in [3.8, 4) is 0 Å². The highest BCUT2D eigenvalue weighted by Gasteiger charge is 2.11. The van der Waals surface area contributed by atoms with Gasteiger partial charge >= 0.3 is 0 Å². The lowest BCUT2D eigenvalue weighted by atomic mass is 10.1. The summed E-state index contributed by atoms with van der Waals surface area (Å²) in [5, 5.41) is 11.0. The first-order valence-electron chi connectivity index (χ1n) is 8.79. The Morgan fingerprint density at radius 3 is 2.48 bits per heavy atom. The number of anilines is 1. The maximum absolute atomic E-state index is 12.3. The van der Waals surface area contributed by atoms with Crippen LogP contribution in [0.1, 0.15) is 41.5 Å². The molecule has 146 valence electrons. The number of benzene rings is 1. The van der Waals surface area contributed by atoms with Crippen LogP contribution in [0.5, 0.6) is 0 Å². The van der Waals surface area contributed by atoms with Gasteiger partial charge < -0.3 is 10.6 Å². The molecule has 4 N–H and O–H groups in total.